The first-order valence-electron chi connectivity index (χ1n) is 8.35. The Balaban J connectivity index is 1.89. The zero-order chi connectivity index (χ0) is 17.8. The van der Waals surface area contributed by atoms with Crippen LogP contribution >= 0.6 is 46.6 Å². The van der Waals surface area contributed by atoms with Crippen LogP contribution < -0.4 is 0 Å². The lowest BCUT2D eigenvalue weighted by Gasteiger charge is -2.13. The Morgan fingerprint density at radius 3 is 2.12 bits per heavy atom. The summed E-state index contributed by atoms with van der Waals surface area (Å²) in [4.78, 5) is 10.7. The third-order valence-corrected chi connectivity index (χ3v) is 5.87. The minimum Gasteiger partial charge on any atom is -0.479 e. The molecule has 0 bridgehead atoms. The van der Waals surface area contributed by atoms with Gasteiger partial charge in [0.05, 0.1) is 0 Å². The van der Waals surface area contributed by atoms with Gasteiger partial charge in [-0.05, 0) is 67.7 Å². The number of halogens is 3. The molecule has 0 radical (unpaired) electrons. The van der Waals surface area contributed by atoms with Gasteiger partial charge in [0.2, 0.25) is 4.33 Å². The summed E-state index contributed by atoms with van der Waals surface area (Å²) in [7, 11) is 0. The van der Waals surface area contributed by atoms with E-state index in [4.69, 9.17) is 39.9 Å². The lowest BCUT2D eigenvalue weighted by atomic mass is 10.1. The largest absolute Gasteiger partial charge is 0.479 e. The predicted octanol–water partition coefficient (Wildman–Crippen LogP) is 6.60. The minimum absolute atomic E-state index is 0.306. The molecule has 2 nitrogen and oxygen atoms in total. The van der Waals surface area contributed by atoms with E-state index >= 15 is 0 Å². The summed E-state index contributed by atoms with van der Waals surface area (Å²) in [6.45, 7) is 0. The Labute approximate surface area is 164 Å². The molecule has 0 aliphatic heterocycles. The molecule has 0 fully saturated rings. The second kappa shape index (κ2) is 12.3. The van der Waals surface area contributed by atoms with Crippen LogP contribution in [0.5, 0.6) is 0 Å². The number of unbranched alkanes of at least 4 members (excludes halogenated alkanes) is 4. The van der Waals surface area contributed by atoms with Crippen molar-refractivity contribution in [3.05, 3.63) is 34.9 Å². The van der Waals surface area contributed by atoms with Crippen LogP contribution in [0.15, 0.2) is 24.3 Å². The summed E-state index contributed by atoms with van der Waals surface area (Å²) >= 11 is 19.2. The van der Waals surface area contributed by atoms with Gasteiger partial charge in [-0.25, -0.2) is 4.79 Å². The van der Waals surface area contributed by atoms with E-state index in [-0.39, 0.29) is 0 Å². The standard InChI is InChI=1S/C18H25Cl3O2S/c19-16-10-8-15(9-11-16)7-3-1-5-13-24-14-6-2-4-12-18(20,21)17(22)23/h8-11H,1-7,12-14H2,(H,22,23). The van der Waals surface area contributed by atoms with Crippen LogP contribution in [0.25, 0.3) is 0 Å². The molecule has 0 saturated carbocycles. The molecule has 0 heterocycles. The molecule has 1 N–H and O–H groups in total. The molecule has 24 heavy (non-hydrogen) atoms. The van der Waals surface area contributed by atoms with Crippen molar-refractivity contribution in [2.24, 2.45) is 0 Å². The lowest BCUT2D eigenvalue weighted by molar-refractivity contribution is -0.138. The van der Waals surface area contributed by atoms with Crippen molar-refractivity contribution in [1.29, 1.82) is 0 Å². The van der Waals surface area contributed by atoms with Crippen LogP contribution in [0.1, 0.15) is 50.5 Å². The molecule has 0 aliphatic carbocycles. The number of benzene rings is 1. The van der Waals surface area contributed by atoms with Crippen molar-refractivity contribution >= 4 is 52.5 Å². The van der Waals surface area contributed by atoms with Gasteiger partial charge < -0.3 is 5.11 Å². The monoisotopic (exact) mass is 410 g/mol. The molecule has 1 aromatic rings. The molecule has 0 atom stereocenters. The summed E-state index contributed by atoms with van der Waals surface area (Å²) in [6.07, 6.45) is 7.92. The summed E-state index contributed by atoms with van der Waals surface area (Å²) in [5.74, 6) is 1.14. The van der Waals surface area contributed by atoms with Crippen molar-refractivity contribution in [3.8, 4) is 0 Å². The first kappa shape index (κ1) is 22.0. The first-order valence-corrected chi connectivity index (χ1v) is 10.6. The summed E-state index contributed by atoms with van der Waals surface area (Å²) < 4.78 is -1.63. The van der Waals surface area contributed by atoms with Crippen LogP contribution in [0.3, 0.4) is 0 Å². The van der Waals surface area contributed by atoms with Gasteiger partial charge in [0.25, 0.3) is 0 Å². The van der Waals surface area contributed by atoms with Crippen LogP contribution in [0.4, 0.5) is 0 Å². The van der Waals surface area contributed by atoms with Gasteiger partial charge in [-0.1, -0.05) is 59.8 Å². The molecule has 0 aromatic heterocycles. The Morgan fingerprint density at radius 2 is 1.54 bits per heavy atom. The van der Waals surface area contributed by atoms with Crippen molar-refractivity contribution in [2.75, 3.05) is 11.5 Å². The van der Waals surface area contributed by atoms with Gasteiger partial charge in [0.15, 0.2) is 0 Å². The van der Waals surface area contributed by atoms with Gasteiger partial charge in [0, 0.05) is 5.02 Å². The highest BCUT2D eigenvalue weighted by Crippen LogP contribution is 2.28. The zero-order valence-corrected chi connectivity index (χ0v) is 16.9. The van der Waals surface area contributed by atoms with Crippen LogP contribution in [0.2, 0.25) is 5.02 Å². The lowest BCUT2D eigenvalue weighted by Crippen LogP contribution is -2.25. The van der Waals surface area contributed by atoms with Crippen molar-refractivity contribution in [3.63, 3.8) is 0 Å². The topological polar surface area (TPSA) is 37.3 Å². The average molecular weight is 412 g/mol. The first-order chi connectivity index (χ1) is 11.4. The molecule has 0 unspecified atom stereocenters. The van der Waals surface area contributed by atoms with E-state index in [0.29, 0.717) is 6.42 Å². The fourth-order valence-electron chi connectivity index (χ4n) is 2.30. The maximum absolute atomic E-state index is 10.7. The number of aliphatic carboxylic acids is 1. The highest BCUT2D eigenvalue weighted by atomic mass is 35.5. The molecule has 0 spiro atoms. The molecule has 0 amide bonds. The Bertz CT molecular complexity index is 478. The van der Waals surface area contributed by atoms with E-state index in [9.17, 15) is 4.79 Å². The quantitative estimate of drug-likeness (QED) is 0.293. The summed E-state index contributed by atoms with van der Waals surface area (Å²) in [5, 5.41) is 9.59. The number of thioether (sulfide) groups is 1. The number of alkyl halides is 2. The zero-order valence-electron chi connectivity index (χ0n) is 13.8. The van der Waals surface area contributed by atoms with Gasteiger partial charge in [-0.15, -0.1) is 0 Å². The van der Waals surface area contributed by atoms with E-state index in [1.807, 2.05) is 23.9 Å². The highest BCUT2D eigenvalue weighted by molar-refractivity contribution is 7.99. The third kappa shape index (κ3) is 10.0. The Morgan fingerprint density at radius 1 is 0.958 bits per heavy atom. The molecular formula is C18H25Cl3O2S. The number of carboxylic acid groups (broad SMARTS) is 1. The smallest absolute Gasteiger partial charge is 0.340 e. The van der Waals surface area contributed by atoms with Crippen molar-refractivity contribution < 1.29 is 9.90 Å². The molecule has 0 aliphatic rings. The second-order valence-electron chi connectivity index (χ2n) is 5.87. The summed E-state index contributed by atoms with van der Waals surface area (Å²) in [5.41, 5.74) is 1.35. The fraction of sp³-hybridized carbons (Fsp3) is 0.611. The van der Waals surface area contributed by atoms with E-state index in [2.05, 4.69) is 12.1 Å². The van der Waals surface area contributed by atoms with E-state index < -0.39 is 10.3 Å². The third-order valence-electron chi connectivity index (χ3n) is 3.76. The van der Waals surface area contributed by atoms with Gasteiger partial charge in [-0.2, -0.15) is 11.8 Å². The molecular weight excluding hydrogens is 387 g/mol. The number of carbonyl (C=O) groups is 1. The second-order valence-corrected chi connectivity index (χ2v) is 9.01. The van der Waals surface area contributed by atoms with Crippen molar-refractivity contribution in [1.82, 2.24) is 0 Å². The maximum Gasteiger partial charge on any atom is 0.340 e. The number of rotatable bonds is 13. The number of hydrogen-bond donors (Lipinski definition) is 1. The SMILES string of the molecule is O=C(O)C(Cl)(Cl)CCCCCSCCCCCc1ccc(Cl)cc1. The molecule has 6 heteroatoms. The summed E-state index contributed by atoms with van der Waals surface area (Å²) in [6, 6.07) is 8.08. The van der Waals surface area contributed by atoms with Crippen LogP contribution in [0, 0.1) is 0 Å². The van der Waals surface area contributed by atoms with Crippen LogP contribution in [-0.2, 0) is 11.2 Å². The average Bonchev–Trinajstić information content (AvgIpc) is 2.54. The molecule has 0 saturated heterocycles. The van der Waals surface area contributed by atoms with E-state index in [0.717, 1.165) is 36.5 Å². The predicted molar refractivity (Wildman–Crippen MR) is 107 cm³/mol. The van der Waals surface area contributed by atoms with E-state index in [1.54, 1.807) is 0 Å². The molecule has 1 aromatic carbocycles. The Kier molecular flexibility index (Phi) is 11.2. The number of aryl methyl sites for hydroxylation is 1. The van der Waals surface area contributed by atoms with Crippen molar-refractivity contribution in [2.45, 2.75) is 55.7 Å². The molecule has 1 rings (SSSR count). The highest BCUT2D eigenvalue weighted by Gasteiger charge is 2.32. The van der Waals surface area contributed by atoms with Gasteiger partial charge >= 0.3 is 5.97 Å². The van der Waals surface area contributed by atoms with E-state index in [1.165, 1.54) is 30.6 Å². The van der Waals surface area contributed by atoms with Gasteiger partial charge in [-0.3, -0.25) is 0 Å². The fourth-order valence-corrected chi connectivity index (χ4v) is 3.71. The maximum atomic E-state index is 10.7. The van der Waals surface area contributed by atoms with Gasteiger partial charge in [0.1, 0.15) is 0 Å². The minimum atomic E-state index is -1.63. The normalized spacial score (nSPS) is 11.6. The number of hydrogen-bond acceptors (Lipinski definition) is 2. The Hall–Kier alpha value is -0.0900. The number of carboxylic acids is 1. The molecule has 136 valence electrons. The van der Waals surface area contributed by atoms with Crippen LogP contribution in [-0.4, -0.2) is 26.9 Å².